The van der Waals surface area contributed by atoms with E-state index in [9.17, 15) is 18.0 Å². The third-order valence-corrected chi connectivity index (χ3v) is 8.50. The molecule has 37 heavy (non-hydrogen) atoms. The van der Waals surface area contributed by atoms with Gasteiger partial charge in [0.25, 0.3) is 5.91 Å². The van der Waals surface area contributed by atoms with Crippen molar-refractivity contribution in [2.75, 3.05) is 31.6 Å². The van der Waals surface area contributed by atoms with Crippen molar-refractivity contribution < 1.29 is 22.7 Å². The highest BCUT2D eigenvalue weighted by atomic mass is 32.2. The van der Waals surface area contributed by atoms with E-state index in [4.69, 9.17) is 4.74 Å². The molecule has 1 N–H and O–H groups in total. The summed E-state index contributed by atoms with van der Waals surface area (Å²) in [5, 5.41) is 2.77. The maximum atomic E-state index is 13.1. The number of fused-ring (bicyclic) bond motifs is 1. The van der Waals surface area contributed by atoms with Gasteiger partial charge in [-0.05, 0) is 62.2 Å². The fourth-order valence-electron chi connectivity index (χ4n) is 3.88. The normalized spacial score (nSPS) is 12.4. The van der Waals surface area contributed by atoms with Gasteiger partial charge in [-0.2, -0.15) is 9.30 Å². The Hall–Kier alpha value is -2.86. The van der Waals surface area contributed by atoms with Crippen molar-refractivity contribution in [2.24, 2.45) is 4.99 Å². The van der Waals surface area contributed by atoms with Gasteiger partial charge in [-0.3, -0.25) is 9.59 Å². The minimum absolute atomic E-state index is 0.157. The van der Waals surface area contributed by atoms with Crippen LogP contribution in [0.2, 0.25) is 0 Å². The molecular formula is C26H34N4O5S2. The molecular weight excluding hydrogens is 512 g/mol. The number of aromatic nitrogens is 1. The maximum absolute atomic E-state index is 13.1. The third kappa shape index (κ3) is 7.13. The second-order valence-corrected chi connectivity index (χ2v) is 11.4. The van der Waals surface area contributed by atoms with Gasteiger partial charge in [-0.25, -0.2) is 8.42 Å². The van der Waals surface area contributed by atoms with E-state index < -0.39 is 15.9 Å². The summed E-state index contributed by atoms with van der Waals surface area (Å²) in [6, 6.07) is 11.5. The van der Waals surface area contributed by atoms with Crippen molar-refractivity contribution >= 4 is 49.1 Å². The number of anilines is 1. The van der Waals surface area contributed by atoms with Gasteiger partial charge in [0.1, 0.15) is 0 Å². The number of sulfonamides is 1. The molecule has 1 heterocycles. The van der Waals surface area contributed by atoms with Gasteiger partial charge in [0.2, 0.25) is 15.9 Å². The minimum Gasteiger partial charge on any atom is -0.380 e. The van der Waals surface area contributed by atoms with Crippen molar-refractivity contribution in [2.45, 2.75) is 52.0 Å². The molecule has 0 fully saturated rings. The fraction of sp³-hybridized carbons (Fsp3) is 0.423. The van der Waals surface area contributed by atoms with Crippen molar-refractivity contribution in [3.63, 3.8) is 0 Å². The molecule has 200 valence electrons. The first kappa shape index (κ1) is 28.7. The number of hydrogen-bond acceptors (Lipinski definition) is 6. The molecule has 1 aromatic heterocycles. The predicted octanol–water partition coefficient (Wildman–Crippen LogP) is 4.25. The first-order valence-corrected chi connectivity index (χ1v) is 14.6. The van der Waals surface area contributed by atoms with E-state index in [1.165, 1.54) is 46.8 Å². The van der Waals surface area contributed by atoms with Gasteiger partial charge in [-0.1, -0.05) is 25.2 Å². The summed E-state index contributed by atoms with van der Waals surface area (Å²) >= 11 is 1.33. The number of hydrogen-bond donors (Lipinski definition) is 1. The highest BCUT2D eigenvalue weighted by Gasteiger charge is 2.23. The van der Waals surface area contributed by atoms with Crippen molar-refractivity contribution in [3.8, 4) is 0 Å². The van der Waals surface area contributed by atoms with Crippen LogP contribution in [0.15, 0.2) is 52.4 Å². The first-order valence-electron chi connectivity index (χ1n) is 12.4. The summed E-state index contributed by atoms with van der Waals surface area (Å²) in [6.07, 6.45) is 1.44. The second kappa shape index (κ2) is 13.1. The lowest BCUT2D eigenvalue weighted by Crippen LogP contribution is -2.32. The Labute approximate surface area is 221 Å². The lowest BCUT2D eigenvalue weighted by Gasteiger charge is -2.21. The molecule has 2 aromatic carbocycles. The molecule has 3 aromatic rings. The third-order valence-electron chi connectivity index (χ3n) is 5.55. The van der Waals surface area contributed by atoms with Crippen LogP contribution in [-0.4, -0.2) is 55.4 Å². The number of benzene rings is 2. The Morgan fingerprint density at radius 2 is 1.73 bits per heavy atom. The highest BCUT2D eigenvalue weighted by molar-refractivity contribution is 7.89. The Balaban J connectivity index is 1.96. The molecule has 0 bridgehead atoms. The molecule has 0 aliphatic rings. The predicted molar refractivity (Wildman–Crippen MR) is 146 cm³/mol. The van der Waals surface area contributed by atoms with Crippen LogP contribution in [0, 0.1) is 0 Å². The number of nitrogens with zero attached hydrogens (tertiary/aromatic N) is 3. The number of carbonyl (C=O) groups is 2. The summed E-state index contributed by atoms with van der Waals surface area (Å²) in [5.41, 5.74) is 1.83. The molecule has 11 heteroatoms. The Morgan fingerprint density at radius 3 is 2.32 bits per heavy atom. The smallest absolute Gasteiger partial charge is 0.279 e. The Bertz CT molecular complexity index is 1400. The molecule has 2 amide bonds. The van der Waals surface area contributed by atoms with E-state index in [0.29, 0.717) is 48.9 Å². The number of rotatable bonds is 12. The van der Waals surface area contributed by atoms with E-state index in [1.807, 2.05) is 37.5 Å². The van der Waals surface area contributed by atoms with Crippen LogP contribution in [0.1, 0.15) is 50.9 Å². The standard InChI is InChI=1S/C26H34N4O5S2/c1-5-14-29(15-6-2)37(33,34)22-11-8-20(9-12-22)25(32)28-26-30(16-17-35-7-3)23-13-10-21(27-19(4)31)18-24(23)36-26/h8-13,18H,5-7,14-17H2,1-4H3,(H,27,31). The summed E-state index contributed by atoms with van der Waals surface area (Å²) in [5.74, 6) is -0.639. The van der Waals surface area contributed by atoms with E-state index in [2.05, 4.69) is 10.3 Å². The quantitative estimate of drug-likeness (QED) is 0.342. The lowest BCUT2D eigenvalue weighted by atomic mass is 10.2. The van der Waals surface area contributed by atoms with Crippen LogP contribution >= 0.6 is 11.3 Å². The second-order valence-electron chi connectivity index (χ2n) is 8.44. The van der Waals surface area contributed by atoms with Crippen molar-refractivity contribution in [3.05, 3.63) is 52.8 Å². The van der Waals surface area contributed by atoms with Crippen LogP contribution in [-0.2, 0) is 26.1 Å². The minimum atomic E-state index is -3.63. The summed E-state index contributed by atoms with van der Waals surface area (Å²) < 4.78 is 35.8. The highest BCUT2D eigenvalue weighted by Crippen LogP contribution is 2.23. The number of amides is 2. The average Bonchev–Trinajstić information content (AvgIpc) is 3.19. The van der Waals surface area contributed by atoms with Gasteiger partial charge in [-0.15, -0.1) is 0 Å². The zero-order valence-corrected chi connectivity index (χ0v) is 23.3. The van der Waals surface area contributed by atoms with Gasteiger partial charge in [0.15, 0.2) is 4.80 Å². The molecule has 0 spiro atoms. The molecule has 0 saturated heterocycles. The molecule has 0 saturated carbocycles. The molecule has 0 aliphatic carbocycles. The number of carbonyl (C=O) groups excluding carboxylic acids is 2. The Morgan fingerprint density at radius 1 is 1.05 bits per heavy atom. The van der Waals surface area contributed by atoms with Crippen LogP contribution in [0.25, 0.3) is 10.2 Å². The molecule has 9 nitrogen and oxygen atoms in total. The molecule has 0 unspecified atom stereocenters. The number of thiazole rings is 1. The van der Waals surface area contributed by atoms with Crippen LogP contribution in [0.3, 0.4) is 0 Å². The lowest BCUT2D eigenvalue weighted by molar-refractivity contribution is -0.114. The van der Waals surface area contributed by atoms with Gasteiger partial charge in [0, 0.05) is 44.4 Å². The molecule has 0 radical (unpaired) electrons. The maximum Gasteiger partial charge on any atom is 0.279 e. The van der Waals surface area contributed by atoms with E-state index in [0.717, 1.165) is 23.1 Å². The van der Waals surface area contributed by atoms with Gasteiger partial charge in [0.05, 0.1) is 21.7 Å². The summed E-state index contributed by atoms with van der Waals surface area (Å²) in [4.78, 5) is 29.5. The summed E-state index contributed by atoms with van der Waals surface area (Å²) in [7, 11) is -3.63. The molecule has 0 aliphatic heterocycles. The monoisotopic (exact) mass is 546 g/mol. The zero-order valence-electron chi connectivity index (χ0n) is 21.7. The Kier molecular flexibility index (Phi) is 10.2. The first-order chi connectivity index (χ1) is 17.7. The van der Waals surface area contributed by atoms with Crippen LogP contribution in [0.5, 0.6) is 0 Å². The molecule has 3 rings (SSSR count). The number of nitrogens with one attached hydrogen (secondary N) is 1. The van der Waals surface area contributed by atoms with Gasteiger partial charge < -0.3 is 14.6 Å². The summed E-state index contributed by atoms with van der Waals surface area (Å²) in [6.45, 7) is 9.67. The van der Waals surface area contributed by atoms with Gasteiger partial charge >= 0.3 is 0 Å². The van der Waals surface area contributed by atoms with Crippen LogP contribution < -0.4 is 10.1 Å². The SMILES string of the molecule is CCCN(CCC)S(=O)(=O)c1ccc(C(=O)N=c2sc3cc(NC(C)=O)ccc3n2CCOCC)cc1. The zero-order chi connectivity index (χ0) is 27.0. The van der Waals surface area contributed by atoms with E-state index in [-0.39, 0.29) is 10.8 Å². The van der Waals surface area contributed by atoms with Crippen molar-refractivity contribution in [1.82, 2.24) is 8.87 Å². The number of ether oxygens (including phenoxy) is 1. The largest absolute Gasteiger partial charge is 0.380 e. The van der Waals surface area contributed by atoms with E-state index >= 15 is 0 Å². The average molecular weight is 547 g/mol. The molecule has 0 atom stereocenters. The van der Waals surface area contributed by atoms with Crippen LogP contribution in [0.4, 0.5) is 5.69 Å². The van der Waals surface area contributed by atoms with E-state index in [1.54, 1.807) is 6.07 Å². The fourth-order valence-corrected chi connectivity index (χ4v) is 6.59. The topological polar surface area (TPSA) is 110 Å². The van der Waals surface area contributed by atoms with Crippen molar-refractivity contribution in [1.29, 1.82) is 0 Å².